The smallest absolute Gasteiger partial charge is 0.175 e. The molecule has 1 fully saturated rings. The van der Waals surface area contributed by atoms with Crippen molar-refractivity contribution in [2.45, 2.75) is 51.3 Å². The van der Waals surface area contributed by atoms with Gasteiger partial charge in [-0.2, -0.15) is 0 Å². The van der Waals surface area contributed by atoms with E-state index in [1.54, 1.807) is 14.2 Å². The Morgan fingerprint density at radius 3 is 2.73 bits per heavy atom. The molecule has 0 aliphatic carbocycles. The molecule has 2 rings (SSSR count). The van der Waals surface area contributed by atoms with Crippen LogP contribution in [0, 0.1) is 0 Å². The van der Waals surface area contributed by atoms with Crippen LogP contribution in [0.5, 0.6) is 11.5 Å². The van der Waals surface area contributed by atoms with Crippen LogP contribution in [0.1, 0.15) is 38.2 Å². The highest BCUT2D eigenvalue weighted by Crippen LogP contribution is 2.38. The van der Waals surface area contributed by atoms with Gasteiger partial charge in [0, 0.05) is 12.6 Å². The molecule has 124 valence electrons. The van der Waals surface area contributed by atoms with Gasteiger partial charge < -0.3 is 14.6 Å². The molecule has 22 heavy (non-hydrogen) atoms. The number of aliphatic hydroxyl groups excluding tert-OH is 1. The van der Waals surface area contributed by atoms with Crippen LogP contribution >= 0.6 is 15.9 Å². The fourth-order valence-corrected chi connectivity index (χ4v) is 3.81. The first-order valence-electron chi connectivity index (χ1n) is 7.88. The van der Waals surface area contributed by atoms with Gasteiger partial charge in [0.15, 0.2) is 11.5 Å². The van der Waals surface area contributed by atoms with Gasteiger partial charge in [0.1, 0.15) is 0 Å². The molecule has 5 heteroatoms. The van der Waals surface area contributed by atoms with Crippen molar-refractivity contribution in [3.63, 3.8) is 0 Å². The minimum absolute atomic E-state index is 0.251. The number of hydrogen-bond acceptors (Lipinski definition) is 4. The van der Waals surface area contributed by atoms with Crippen LogP contribution < -0.4 is 9.47 Å². The highest BCUT2D eigenvalue weighted by atomic mass is 79.9. The van der Waals surface area contributed by atoms with Crippen LogP contribution in [0.3, 0.4) is 0 Å². The zero-order chi connectivity index (χ0) is 16.1. The standard InChI is InChI=1S/C17H26BrNO3/c1-12(20)10-14-6-4-5-9-19(14)11-13-7-8-15(21-2)17(22-3)16(13)18/h7-8,12,14,20H,4-6,9-11H2,1-3H3/t12-,14-/m1/s1. The predicted molar refractivity (Wildman–Crippen MR) is 91.6 cm³/mol. The highest BCUT2D eigenvalue weighted by molar-refractivity contribution is 9.10. The Kier molecular flexibility index (Phi) is 6.53. The number of likely N-dealkylation sites (tertiary alicyclic amines) is 1. The lowest BCUT2D eigenvalue weighted by atomic mass is 9.96. The topological polar surface area (TPSA) is 41.9 Å². The summed E-state index contributed by atoms with van der Waals surface area (Å²) in [5.41, 5.74) is 1.19. The van der Waals surface area contributed by atoms with Crippen LogP contribution in [0.4, 0.5) is 0 Å². The maximum absolute atomic E-state index is 9.72. The zero-order valence-corrected chi connectivity index (χ0v) is 15.2. The van der Waals surface area contributed by atoms with E-state index in [-0.39, 0.29) is 6.10 Å². The van der Waals surface area contributed by atoms with Crippen molar-refractivity contribution in [2.75, 3.05) is 20.8 Å². The molecule has 0 unspecified atom stereocenters. The Bertz CT molecular complexity index is 493. The van der Waals surface area contributed by atoms with Gasteiger partial charge in [0.25, 0.3) is 0 Å². The minimum Gasteiger partial charge on any atom is -0.493 e. The molecule has 1 aliphatic rings. The largest absolute Gasteiger partial charge is 0.493 e. The molecule has 2 atom stereocenters. The molecule has 1 saturated heterocycles. The van der Waals surface area contributed by atoms with Gasteiger partial charge in [-0.3, -0.25) is 4.90 Å². The van der Waals surface area contributed by atoms with E-state index >= 15 is 0 Å². The van der Waals surface area contributed by atoms with Gasteiger partial charge in [-0.25, -0.2) is 0 Å². The summed E-state index contributed by atoms with van der Waals surface area (Å²) in [5.74, 6) is 1.47. The number of hydrogen-bond donors (Lipinski definition) is 1. The number of rotatable bonds is 6. The quantitative estimate of drug-likeness (QED) is 0.829. The summed E-state index contributed by atoms with van der Waals surface area (Å²) in [7, 11) is 3.30. The number of benzene rings is 1. The van der Waals surface area contributed by atoms with Crippen LogP contribution in [0.2, 0.25) is 0 Å². The monoisotopic (exact) mass is 371 g/mol. The molecule has 1 N–H and O–H groups in total. The van der Waals surface area contributed by atoms with Crippen LogP contribution in [0.25, 0.3) is 0 Å². The van der Waals surface area contributed by atoms with E-state index in [9.17, 15) is 5.11 Å². The third-order valence-electron chi connectivity index (χ3n) is 4.30. The van der Waals surface area contributed by atoms with Crippen molar-refractivity contribution >= 4 is 15.9 Å². The Hall–Kier alpha value is -0.780. The molecule has 1 aromatic carbocycles. The van der Waals surface area contributed by atoms with Crippen LogP contribution in [0.15, 0.2) is 16.6 Å². The van der Waals surface area contributed by atoms with E-state index in [0.717, 1.165) is 41.9 Å². The van der Waals surface area contributed by atoms with E-state index in [1.807, 2.05) is 13.0 Å². The molecule has 0 saturated carbocycles. The molecular weight excluding hydrogens is 346 g/mol. The Labute approximate surface area is 141 Å². The molecule has 1 heterocycles. The molecule has 0 amide bonds. The number of ether oxygens (including phenoxy) is 2. The summed E-state index contributed by atoms with van der Waals surface area (Å²) in [4.78, 5) is 2.47. The second-order valence-corrected chi connectivity index (χ2v) is 6.77. The minimum atomic E-state index is -0.251. The predicted octanol–water partition coefficient (Wildman–Crippen LogP) is 3.59. The SMILES string of the molecule is COc1ccc(CN2CCCC[C@@H]2C[C@@H](C)O)c(Br)c1OC. The van der Waals surface area contributed by atoms with Gasteiger partial charge in [-0.05, 0) is 60.3 Å². The lowest BCUT2D eigenvalue weighted by Crippen LogP contribution is -2.40. The Morgan fingerprint density at radius 2 is 2.09 bits per heavy atom. The van der Waals surface area contributed by atoms with Crippen LogP contribution in [-0.2, 0) is 6.54 Å². The molecule has 0 radical (unpaired) electrons. The number of methoxy groups -OCH3 is 2. The van der Waals surface area contributed by atoms with Crippen LogP contribution in [-0.4, -0.2) is 42.9 Å². The summed E-state index contributed by atoms with van der Waals surface area (Å²) >= 11 is 3.65. The Morgan fingerprint density at radius 1 is 1.32 bits per heavy atom. The summed E-state index contributed by atoms with van der Waals surface area (Å²) < 4.78 is 11.7. The van der Waals surface area contributed by atoms with E-state index in [0.29, 0.717) is 6.04 Å². The molecule has 1 aromatic rings. The second kappa shape index (κ2) is 8.18. The van der Waals surface area contributed by atoms with Gasteiger partial charge in [-0.1, -0.05) is 12.5 Å². The van der Waals surface area contributed by atoms with Gasteiger partial charge in [0.05, 0.1) is 24.8 Å². The lowest BCUT2D eigenvalue weighted by molar-refractivity contribution is 0.0815. The van der Waals surface area contributed by atoms with Crippen molar-refractivity contribution in [3.8, 4) is 11.5 Å². The average Bonchev–Trinajstić information content (AvgIpc) is 2.50. The number of halogens is 1. The summed E-state index contributed by atoms with van der Waals surface area (Å²) in [5, 5.41) is 9.72. The normalized spacial score (nSPS) is 20.7. The van der Waals surface area contributed by atoms with Crippen molar-refractivity contribution < 1.29 is 14.6 Å². The number of piperidine rings is 1. The van der Waals surface area contributed by atoms with Crippen molar-refractivity contribution in [1.29, 1.82) is 0 Å². The van der Waals surface area contributed by atoms with E-state index < -0.39 is 0 Å². The van der Waals surface area contributed by atoms with E-state index in [2.05, 4.69) is 26.9 Å². The number of aliphatic hydroxyl groups is 1. The molecule has 0 aromatic heterocycles. The first-order valence-corrected chi connectivity index (χ1v) is 8.67. The molecule has 4 nitrogen and oxygen atoms in total. The van der Waals surface area contributed by atoms with Crippen molar-refractivity contribution in [2.24, 2.45) is 0 Å². The summed E-state index contributed by atoms with van der Waals surface area (Å²) in [6, 6.07) is 4.49. The Balaban J connectivity index is 2.17. The third-order valence-corrected chi connectivity index (χ3v) is 5.17. The fraction of sp³-hybridized carbons (Fsp3) is 0.647. The maximum Gasteiger partial charge on any atom is 0.175 e. The molecular formula is C17H26BrNO3. The van der Waals surface area contributed by atoms with Gasteiger partial charge in [-0.15, -0.1) is 0 Å². The van der Waals surface area contributed by atoms with E-state index in [4.69, 9.17) is 9.47 Å². The van der Waals surface area contributed by atoms with E-state index in [1.165, 1.54) is 18.4 Å². The molecule has 1 aliphatic heterocycles. The summed E-state index contributed by atoms with van der Waals surface area (Å²) in [6.45, 7) is 3.82. The summed E-state index contributed by atoms with van der Waals surface area (Å²) in [6.07, 6.45) is 4.22. The lowest BCUT2D eigenvalue weighted by Gasteiger charge is -2.36. The second-order valence-electron chi connectivity index (χ2n) is 5.98. The first-order chi connectivity index (χ1) is 10.6. The molecule has 0 bridgehead atoms. The zero-order valence-electron chi connectivity index (χ0n) is 13.6. The first kappa shape index (κ1) is 17.6. The van der Waals surface area contributed by atoms with Gasteiger partial charge >= 0.3 is 0 Å². The van der Waals surface area contributed by atoms with Gasteiger partial charge in [0.2, 0.25) is 0 Å². The number of nitrogens with zero attached hydrogens (tertiary/aromatic N) is 1. The fourth-order valence-electron chi connectivity index (χ4n) is 3.20. The maximum atomic E-state index is 9.72. The van der Waals surface area contributed by atoms with Crippen molar-refractivity contribution in [1.82, 2.24) is 4.90 Å². The van der Waals surface area contributed by atoms with Crippen molar-refractivity contribution in [3.05, 3.63) is 22.2 Å². The third kappa shape index (κ3) is 4.15. The molecule has 0 spiro atoms. The average molecular weight is 372 g/mol. The highest BCUT2D eigenvalue weighted by Gasteiger charge is 2.25.